The number of carbonyl (C=O) groups excluding carboxylic acids is 2. The maximum atomic E-state index is 12.7. The second kappa shape index (κ2) is 10.9. The number of nitrogens with two attached hydrogens (primary N) is 1. The highest BCUT2D eigenvalue weighted by molar-refractivity contribution is 5.85. The van der Waals surface area contributed by atoms with Gasteiger partial charge in [0.1, 0.15) is 5.75 Å². The number of ether oxygens (including phenoxy) is 1. The zero-order valence-electron chi connectivity index (χ0n) is 15.9. The van der Waals surface area contributed by atoms with Gasteiger partial charge in [-0.1, -0.05) is 30.3 Å². The van der Waals surface area contributed by atoms with E-state index in [1.165, 1.54) is 0 Å². The number of rotatable bonds is 7. The fourth-order valence-electron chi connectivity index (χ4n) is 3.48. The van der Waals surface area contributed by atoms with Crippen molar-refractivity contribution in [3.05, 3.63) is 42.5 Å². The Kier molecular flexibility index (Phi) is 8.54. The van der Waals surface area contributed by atoms with Gasteiger partial charge in [-0.2, -0.15) is 0 Å². The van der Waals surface area contributed by atoms with E-state index in [1.807, 2.05) is 47.4 Å². The Morgan fingerprint density at radius 1 is 1.14 bits per heavy atom. The number of hydrogen-bond acceptors (Lipinski definition) is 4. The summed E-state index contributed by atoms with van der Waals surface area (Å²) in [5.41, 5.74) is 5.40. The number of fused-ring (bicyclic) bond motifs is 1. The third-order valence-electron chi connectivity index (χ3n) is 4.94. The lowest BCUT2D eigenvalue weighted by Gasteiger charge is -2.35. The fourth-order valence-corrected chi connectivity index (χ4v) is 3.48. The van der Waals surface area contributed by atoms with Gasteiger partial charge in [0.05, 0.1) is 0 Å². The normalized spacial score (nSPS) is 16.3. The third kappa shape index (κ3) is 5.84. The van der Waals surface area contributed by atoms with E-state index in [4.69, 9.17) is 10.5 Å². The van der Waals surface area contributed by atoms with Crippen molar-refractivity contribution < 1.29 is 14.3 Å². The molecule has 6 nitrogen and oxygen atoms in total. The molecule has 3 N–H and O–H groups in total. The summed E-state index contributed by atoms with van der Waals surface area (Å²) in [6.45, 7) is 1.52. The molecule has 2 amide bonds. The van der Waals surface area contributed by atoms with Gasteiger partial charge in [-0.25, -0.2) is 0 Å². The fraction of sp³-hybridized carbons (Fsp3) is 0.429. The molecule has 0 saturated carbocycles. The Morgan fingerprint density at radius 3 is 2.71 bits per heavy atom. The molecule has 0 aliphatic carbocycles. The monoisotopic (exact) mass is 405 g/mol. The highest BCUT2D eigenvalue weighted by Gasteiger charge is 2.27. The van der Waals surface area contributed by atoms with E-state index in [0.29, 0.717) is 31.8 Å². The molecule has 1 heterocycles. The summed E-state index contributed by atoms with van der Waals surface area (Å²) in [5.74, 6) is 0.579. The van der Waals surface area contributed by atoms with Crippen LogP contribution in [0, 0.1) is 0 Å². The van der Waals surface area contributed by atoms with Crippen molar-refractivity contribution in [1.82, 2.24) is 10.2 Å². The van der Waals surface area contributed by atoms with Gasteiger partial charge in [-0.15, -0.1) is 12.4 Å². The van der Waals surface area contributed by atoms with E-state index in [1.54, 1.807) is 0 Å². The quantitative estimate of drug-likeness (QED) is 0.741. The number of piperidine rings is 1. The minimum absolute atomic E-state index is 0. The van der Waals surface area contributed by atoms with Crippen molar-refractivity contribution in [1.29, 1.82) is 0 Å². The maximum Gasteiger partial charge on any atom is 0.260 e. The minimum atomic E-state index is -0.0668. The lowest BCUT2D eigenvalue weighted by Crippen LogP contribution is -2.50. The topological polar surface area (TPSA) is 84.7 Å². The summed E-state index contributed by atoms with van der Waals surface area (Å²) >= 11 is 0. The van der Waals surface area contributed by atoms with Crippen LogP contribution in [0.2, 0.25) is 0 Å². The van der Waals surface area contributed by atoms with Crippen molar-refractivity contribution in [2.45, 2.75) is 31.7 Å². The van der Waals surface area contributed by atoms with Gasteiger partial charge in [-0.05, 0) is 42.2 Å². The molecule has 1 aliphatic rings. The molecule has 1 saturated heterocycles. The van der Waals surface area contributed by atoms with Gasteiger partial charge >= 0.3 is 0 Å². The first-order valence-corrected chi connectivity index (χ1v) is 9.55. The average Bonchev–Trinajstić information content (AvgIpc) is 2.71. The van der Waals surface area contributed by atoms with Crippen LogP contribution in [0.3, 0.4) is 0 Å². The SMILES string of the molecule is Cl.NCCC(=O)NCC1CCCCN1C(=O)COc1ccc2ccccc2c1. The zero-order valence-corrected chi connectivity index (χ0v) is 16.7. The first-order chi connectivity index (χ1) is 13.2. The van der Waals surface area contributed by atoms with E-state index in [9.17, 15) is 9.59 Å². The number of benzene rings is 2. The number of nitrogens with one attached hydrogen (secondary N) is 1. The van der Waals surface area contributed by atoms with Gasteiger partial charge in [0.2, 0.25) is 5.91 Å². The second-order valence-corrected chi connectivity index (χ2v) is 6.88. The predicted octanol–water partition coefficient (Wildman–Crippen LogP) is 2.49. The molecule has 1 unspecified atom stereocenters. The molecule has 0 spiro atoms. The van der Waals surface area contributed by atoms with E-state index in [-0.39, 0.29) is 36.9 Å². The molecule has 3 rings (SSSR count). The highest BCUT2D eigenvalue weighted by atomic mass is 35.5. The van der Waals surface area contributed by atoms with Crippen LogP contribution >= 0.6 is 12.4 Å². The lowest BCUT2D eigenvalue weighted by atomic mass is 10.0. The molecule has 28 heavy (non-hydrogen) atoms. The molecular formula is C21H28ClN3O3. The number of likely N-dealkylation sites (tertiary alicyclic amines) is 1. The van der Waals surface area contributed by atoms with E-state index >= 15 is 0 Å². The molecular weight excluding hydrogens is 378 g/mol. The van der Waals surface area contributed by atoms with Crippen molar-refractivity contribution in [3.8, 4) is 5.75 Å². The lowest BCUT2D eigenvalue weighted by molar-refractivity contribution is -0.137. The van der Waals surface area contributed by atoms with Gasteiger partial charge in [-0.3, -0.25) is 9.59 Å². The van der Waals surface area contributed by atoms with Crippen LogP contribution in [0.25, 0.3) is 10.8 Å². The minimum Gasteiger partial charge on any atom is -0.484 e. The highest BCUT2D eigenvalue weighted by Crippen LogP contribution is 2.21. The van der Waals surface area contributed by atoms with Crippen molar-refractivity contribution >= 4 is 35.0 Å². The van der Waals surface area contributed by atoms with Crippen LogP contribution in [0.4, 0.5) is 0 Å². The summed E-state index contributed by atoms with van der Waals surface area (Å²) in [7, 11) is 0. The number of hydrogen-bond donors (Lipinski definition) is 2. The van der Waals surface area contributed by atoms with Gasteiger partial charge < -0.3 is 20.7 Å². The number of carbonyl (C=O) groups is 2. The molecule has 2 aromatic rings. The standard InChI is InChI=1S/C21H27N3O3.ClH/c22-11-10-20(25)23-14-18-7-3-4-12-24(18)21(26)15-27-19-9-8-16-5-1-2-6-17(16)13-19;/h1-2,5-6,8-9,13,18H,3-4,7,10-12,14-15,22H2,(H,23,25);1H. The number of nitrogens with zero attached hydrogens (tertiary/aromatic N) is 1. The third-order valence-corrected chi connectivity index (χ3v) is 4.94. The van der Waals surface area contributed by atoms with Gasteiger partial charge in [0.25, 0.3) is 5.91 Å². The molecule has 1 aliphatic heterocycles. The largest absolute Gasteiger partial charge is 0.484 e. The number of amides is 2. The zero-order chi connectivity index (χ0) is 19.1. The first-order valence-electron chi connectivity index (χ1n) is 9.55. The van der Waals surface area contributed by atoms with E-state index < -0.39 is 0 Å². The molecule has 1 atom stereocenters. The molecule has 1 fully saturated rings. The Bertz CT molecular complexity index is 799. The molecule has 0 aromatic heterocycles. The Morgan fingerprint density at radius 2 is 1.93 bits per heavy atom. The summed E-state index contributed by atoms with van der Waals surface area (Å²) in [5, 5.41) is 5.10. The summed E-state index contributed by atoms with van der Waals surface area (Å²) < 4.78 is 5.75. The first kappa shape index (κ1) is 22.0. The van der Waals surface area contributed by atoms with Crippen molar-refractivity contribution in [2.24, 2.45) is 5.73 Å². The molecule has 0 bridgehead atoms. The van der Waals surface area contributed by atoms with Gasteiger partial charge in [0, 0.05) is 32.1 Å². The van der Waals surface area contributed by atoms with Crippen LogP contribution in [0.1, 0.15) is 25.7 Å². The van der Waals surface area contributed by atoms with Crippen LogP contribution in [0.5, 0.6) is 5.75 Å². The molecule has 7 heteroatoms. The Balaban J connectivity index is 0.00000280. The van der Waals surface area contributed by atoms with Crippen LogP contribution in [-0.2, 0) is 9.59 Å². The van der Waals surface area contributed by atoms with Crippen LogP contribution in [0.15, 0.2) is 42.5 Å². The smallest absolute Gasteiger partial charge is 0.260 e. The number of halogens is 1. The Hall–Kier alpha value is -2.31. The van der Waals surface area contributed by atoms with Crippen molar-refractivity contribution in [2.75, 3.05) is 26.2 Å². The van der Waals surface area contributed by atoms with E-state index in [2.05, 4.69) is 5.32 Å². The maximum absolute atomic E-state index is 12.7. The average molecular weight is 406 g/mol. The predicted molar refractivity (Wildman–Crippen MR) is 113 cm³/mol. The molecule has 2 aromatic carbocycles. The van der Waals surface area contributed by atoms with Crippen molar-refractivity contribution in [3.63, 3.8) is 0 Å². The molecule has 0 radical (unpaired) electrons. The summed E-state index contributed by atoms with van der Waals surface area (Å²) in [4.78, 5) is 26.2. The Labute approximate surface area is 171 Å². The summed E-state index contributed by atoms with van der Waals surface area (Å²) in [6, 6.07) is 13.9. The summed E-state index contributed by atoms with van der Waals surface area (Å²) in [6.07, 6.45) is 3.25. The second-order valence-electron chi connectivity index (χ2n) is 6.88. The van der Waals surface area contributed by atoms with Crippen LogP contribution in [-0.4, -0.2) is 49.0 Å². The van der Waals surface area contributed by atoms with Crippen LogP contribution < -0.4 is 15.8 Å². The van der Waals surface area contributed by atoms with Gasteiger partial charge in [0.15, 0.2) is 6.61 Å². The van der Waals surface area contributed by atoms with E-state index in [0.717, 1.165) is 30.0 Å². The molecule has 152 valence electrons.